The van der Waals surface area contributed by atoms with Crippen molar-refractivity contribution in [2.24, 2.45) is 0 Å². The molecule has 0 spiro atoms. The number of aromatic nitrogens is 3. The third-order valence-electron chi connectivity index (χ3n) is 6.08. The van der Waals surface area contributed by atoms with Gasteiger partial charge in [0.05, 0.1) is 15.8 Å². The van der Waals surface area contributed by atoms with E-state index >= 15 is 0 Å². The second-order valence-electron chi connectivity index (χ2n) is 8.12. The van der Waals surface area contributed by atoms with Crippen LogP contribution in [0.5, 0.6) is 5.88 Å². The van der Waals surface area contributed by atoms with Crippen molar-refractivity contribution < 1.29 is 10.0 Å². The number of aryl methyl sites for hydroxylation is 1. The number of non-ortho nitro benzene ring substituents is 1. The van der Waals surface area contributed by atoms with Gasteiger partial charge in [0.25, 0.3) is 5.69 Å². The molecule has 0 amide bonds. The number of anilines is 1. The molecule has 9 nitrogen and oxygen atoms in total. The number of aromatic hydroxyl groups is 1. The number of benzene rings is 2. The average molecular weight is 499 g/mol. The Balaban J connectivity index is 1.48. The molecule has 1 unspecified atom stereocenters. The molecule has 34 heavy (non-hydrogen) atoms. The SMILES string of the molecule is CCc1nc2sc(C(c3ccc([N+](=O)[O-])cc3)N3CCN(c4cccc(Cl)c4)CC3)c(O)n2n1. The molecule has 11 heteroatoms. The van der Waals surface area contributed by atoms with Crippen molar-refractivity contribution in [3.8, 4) is 5.88 Å². The molecule has 2 aromatic heterocycles. The molecule has 3 heterocycles. The number of rotatable bonds is 6. The van der Waals surface area contributed by atoms with Crippen molar-refractivity contribution in [1.29, 1.82) is 0 Å². The van der Waals surface area contributed by atoms with Gasteiger partial charge in [-0.3, -0.25) is 15.0 Å². The first-order valence-electron chi connectivity index (χ1n) is 11.0. The minimum absolute atomic E-state index is 0.0349. The number of nitro groups is 1. The lowest BCUT2D eigenvalue weighted by Crippen LogP contribution is -2.47. The van der Waals surface area contributed by atoms with Crippen LogP contribution in [-0.2, 0) is 6.42 Å². The first-order chi connectivity index (χ1) is 16.4. The zero-order valence-electron chi connectivity index (χ0n) is 18.5. The monoisotopic (exact) mass is 498 g/mol. The number of nitro benzene ring substituents is 1. The zero-order valence-corrected chi connectivity index (χ0v) is 20.0. The summed E-state index contributed by atoms with van der Waals surface area (Å²) in [6.07, 6.45) is 0.681. The molecule has 0 saturated carbocycles. The van der Waals surface area contributed by atoms with Crippen molar-refractivity contribution >= 4 is 39.3 Å². The third kappa shape index (κ3) is 4.20. The predicted octanol–water partition coefficient (Wildman–Crippen LogP) is 4.53. The van der Waals surface area contributed by atoms with E-state index in [9.17, 15) is 15.2 Å². The summed E-state index contributed by atoms with van der Waals surface area (Å²) in [6.45, 7) is 5.01. The van der Waals surface area contributed by atoms with E-state index in [2.05, 4.69) is 19.9 Å². The van der Waals surface area contributed by atoms with Gasteiger partial charge >= 0.3 is 0 Å². The molecule has 1 fully saturated rings. The van der Waals surface area contributed by atoms with Gasteiger partial charge in [0.2, 0.25) is 10.8 Å². The van der Waals surface area contributed by atoms with E-state index < -0.39 is 4.92 Å². The van der Waals surface area contributed by atoms with Crippen LogP contribution in [0.3, 0.4) is 0 Å². The Morgan fingerprint density at radius 1 is 1.18 bits per heavy atom. The maximum atomic E-state index is 11.2. The summed E-state index contributed by atoms with van der Waals surface area (Å²) < 4.78 is 1.49. The second-order valence-corrected chi connectivity index (χ2v) is 9.57. The number of hydrogen-bond acceptors (Lipinski definition) is 8. The highest BCUT2D eigenvalue weighted by Gasteiger charge is 2.32. The molecule has 4 aromatic rings. The number of fused-ring (bicyclic) bond motifs is 1. The van der Waals surface area contributed by atoms with E-state index in [0.29, 0.717) is 22.2 Å². The van der Waals surface area contributed by atoms with Crippen molar-refractivity contribution in [3.05, 3.63) is 79.9 Å². The lowest BCUT2D eigenvalue weighted by atomic mass is 10.0. The van der Waals surface area contributed by atoms with Gasteiger partial charge in [-0.25, -0.2) is 4.98 Å². The second kappa shape index (κ2) is 9.21. The van der Waals surface area contributed by atoms with Crippen LogP contribution in [0.1, 0.15) is 29.2 Å². The molecule has 1 aliphatic heterocycles. The first kappa shape index (κ1) is 22.6. The van der Waals surface area contributed by atoms with Crippen molar-refractivity contribution in [1.82, 2.24) is 19.5 Å². The van der Waals surface area contributed by atoms with Crippen LogP contribution in [0.15, 0.2) is 48.5 Å². The topological polar surface area (TPSA) is 100 Å². The number of nitrogens with zero attached hydrogens (tertiary/aromatic N) is 6. The number of thiazole rings is 1. The van der Waals surface area contributed by atoms with Crippen molar-refractivity contribution in [3.63, 3.8) is 0 Å². The molecular formula is C23H23ClN6O3S. The standard InChI is InChI=1S/C23H23ClN6O3S/c1-2-19-25-23-29(26-19)22(31)21(34-23)20(15-6-8-17(9-7-15)30(32)33)28-12-10-27(11-13-28)18-5-3-4-16(24)14-18/h3-9,14,20,31H,2,10-13H2,1H3. The average Bonchev–Trinajstić information content (AvgIpc) is 3.39. The molecule has 0 radical (unpaired) electrons. The summed E-state index contributed by atoms with van der Waals surface area (Å²) in [5, 5.41) is 27.4. The Morgan fingerprint density at radius 2 is 1.91 bits per heavy atom. The number of piperazine rings is 1. The molecule has 5 rings (SSSR count). The lowest BCUT2D eigenvalue weighted by molar-refractivity contribution is -0.384. The highest BCUT2D eigenvalue weighted by atomic mass is 35.5. The van der Waals surface area contributed by atoms with E-state index in [0.717, 1.165) is 42.3 Å². The summed E-state index contributed by atoms with van der Waals surface area (Å²) in [5.41, 5.74) is 1.98. The molecule has 176 valence electrons. The van der Waals surface area contributed by atoms with Crippen LogP contribution < -0.4 is 4.90 Å². The Kier molecular flexibility index (Phi) is 6.11. The van der Waals surface area contributed by atoms with E-state index in [1.165, 1.54) is 28.0 Å². The molecule has 1 N–H and O–H groups in total. The zero-order chi connectivity index (χ0) is 23.8. The number of hydrogen-bond donors (Lipinski definition) is 1. The maximum absolute atomic E-state index is 11.2. The van der Waals surface area contributed by atoms with E-state index in [1.54, 1.807) is 12.1 Å². The van der Waals surface area contributed by atoms with Gasteiger partial charge < -0.3 is 10.0 Å². The minimum atomic E-state index is -0.407. The smallest absolute Gasteiger partial charge is 0.269 e. The van der Waals surface area contributed by atoms with Crippen LogP contribution in [0.25, 0.3) is 4.96 Å². The van der Waals surface area contributed by atoms with Crippen LogP contribution in [-0.4, -0.2) is 55.7 Å². The molecule has 0 bridgehead atoms. The molecule has 1 atom stereocenters. The quantitative estimate of drug-likeness (QED) is 0.308. The van der Waals surface area contributed by atoms with E-state index in [4.69, 9.17) is 11.6 Å². The summed E-state index contributed by atoms with van der Waals surface area (Å²) in [6, 6.07) is 14.1. The van der Waals surface area contributed by atoms with Crippen LogP contribution in [0.4, 0.5) is 11.4 Å². The molecular weight excluding hydrogens is 476 g/mol. The van der Waals surface area contributed by atoms with Crippen molar-refractivity contribution in [2.75, 3.05) is 31.1 Å². The van der Waals surface area contributed by atoms with Crippen LogP contribution in [0, 0.1) is 10.1 Å². The highest BCUT2D eigenvalue weighted by molar-refractivity contribution is 7.17. The Labute approximate surface area is 205 Å². The highest BCUT2D eigenvalue weighted by Crippen LogP contribution is 2.41. The van der Waals surface area contributed by atoms with Gasteiger partial charge in [0.1, 0.15) is 0 Å². The lowest BCUT2D eigenvalue weighted by Gasteiger charge is -2.40. The van der Waals surface area contributed by atoms with Gasteiger partial charge in [0, 0.05) is 55.4 Å². The maximum Gasteiger partial charge on any atom is 0.269 e. The van der Waals surface area contributed by atoms with Gasteiger partial charge in [-0.1, -0.05) is 48.1 Å². The summed E-state index contributed by atoms with van der Waals surface area (Å²) in [4.78, 5) is 21.2. The molecule has 2 aromatic carbocycles. The largest absolute Gasteiger partial charge is 0.492 e. The van der Waals surface area contributed by atoms with Crippen molar-refractivity contribution in [2.45, 2.75) is 19.4 Å². The number of halogens is 1. The Morgan fingerprint density at radius 3 is 2.53 bits per heavy atom. The van der Waals surface area contributed by atoms with Gasteiger partial charge in [-0.15, -0.1) is 5.10 Å². The predicted molar refractivity (Wildman–Crippen MR) is 132 cm³/mol. The molecule has 1 aliphatic rings. The Bertz CT molecular complexity index is 1330. The summed E-state index contributed by atoms with van der Waals surface area (Å²) in [5.74, 6) is 0.739. The van der Waals surface area contributed by atoms with Gasteiger partial charge in [-0.05, 0) is 23.8 Å². The fraction of sp³-hybridized carbons (Fsp3) is 0.304. The Hall–Kier alpha value is -3.21. The van der Waals surface area contributed by atoms with Crippen LogP contribution in [0.2, 0.25) is 5.02 Å². The first-order valence-corrected chi connectivity index (χ1v) is 12.2. The normalized spacial score (nSPS) is 15.6. The molecule has 0 aliphatic carbocycles. The molecule has 1 saturated heterocycles. The third-order valence-corrected chi connectivity index (χ3v) is 7.39. The minimum Gasteiger partial charge on any atom is -0.492 e. The fourth-order valence-electron chi connectivity index (χ4n) is 4.34. The summed E-state index contributed by atoms with van der Waals surface area (Å²) >= 11 is 7.58. The van der Waals surface area contributed by atoms with Crippen LogP contribution >= 0.6 is 22.9 Å². The van der Waals surface area contributed by atoms with Gasteiger partial charge in [-0.2, -0.15) is 4.52 Å². The van der Waals surface area contributed by atoms with E-state index in [-0.39, 0.29) is 17.6 Å². The van der Waals surface area contributed by atoms with Gasteiger partial charge in [0.15, 0.2) is 5.82 Å². The van der Waals surface area contributed by atoms with E-state index in [1.807, 2.05) is 31.2 Å². The fourth-order valence-corrected chi connectivity index (χ4v) is 5.66. The summed E-state index contributed by atoms with van der Waals surface area (Å²) in [7, 11) is 0.